The summed E-state index contributed by atoms with van der Waals surface area (Å²) >= 11 is 0. The van der Waals surface area contributed by atoms with Crippen LogP contribution in [0.5, 0.6) is 11.5 Å². The predicted molar refractivity (Wildman–Crippen MR) is 67.9 cm³/mol. The minimum absolute atomic E-state index is 0.321. The van der Waals surface area contributed by atoms with Crippen molar-refractivity contribution in [2.24, 2.45) is 5.73 Å². The lowest BCUT2D eigenvalue weighted by Gasteiger charge is -2.15. The standard InChI is InChI=1S/C13H19NO4/c1-4-18-13(15)10(14)8-9-6-5-7-11(16-2)12(9)17-3/h5-7,10H,4,8,14H2,1-3H3. The number of carbonyl (C=O) groups is 1. The van der Waals surface area contributed by atoms with E-state index in [-0.39, 0.29) is 0 Å². The minimum Gasteiger partial charge on any atom is -0.493 e. The fourth-order valence-electron chi connectivity index (χ4n) is 1.68. The third-order valence-corrected chi connectivity index (χ3v) is 2.51. The number of esters is 1. The Hall–Kier alpha value is -1.75. The van der Waals surface area contributed by atoms with Crippen LogP contribution in [-0.4, -0.2) is 32.8 Å². The van der Waals surface area contributed by atoms with Crippen LogP contribution in [0.1, 0.15) is 12.5 Å². The van der Waals surface area contributed by atoms with Crippen molar-refractivity contribution in [2.45, 2.75) is 19.4 Å². The topological polar surface area (TPSA) is 70.8 Å². The SMILES string of the molecule is CCOC(=O)C(N)Cc1cccc(OC)c1OC. The summed E-state index contributed by atoms with van der Waals surface area (Å²) < 4.78 is 15.3. The van der Waals surface area contributed by atoms with Crippen molar-refractivity contribution in [3.05, 3.63) is 23.8 Å². The molecule has 0 radical (unpaired) electrons. The van der Waals surface area contributed by atoms with Gasteiger partial charge in [-0.15, -0.1) is 0 Å². The molecule has 1 rings (SSSR count). The Morgan fingerprint density at radius 2 is 2.06 bits per heavy atom. The van der Waals surface area contributed by atoms with E-state index in [1.807, 2.05) is 12.1 Å². The van der Waals surface area contributed by atoms with E-state index in [1.54, 1.807) is 27.2 Å². The van der Waals surface area contributed by atoms with E-state index in [0.29, 0.717) is 24.5 Å². The van der Waals surface area contributed by atoms with Crippen LogP contribution < -0.4 is 15.2 Å². The molecule has 2 N–H and O–H groups in total. The molecule has 18 heavy (non-hydrogen) atoms. The maximum atomic E-state index is 11.5. The van der Waals surface area contributed by atoms with Gasteiger partial charge in [-0.1, -0.05) is 12.1 Å². The zero-order valence-corrected chi connectivity index (χ0v) is 10.9. The van der Waals surface area contributed by atoms with Crippen LogP contribution in [0.4, 0.5) is 0 Å². The molecule has 0 aliphatic heterocycles. The third kappa shape index (κ3) is 3.37. The summed E-state index contributed by atoms with van der Waals surface area (Å²) in [7, 11) is 3.12. The van der Waals surface area contributed by atoms with E-state index in [0.717, 1.165) is 5.56 Å². The molecule has 5 heteroatoms. The maximum Gasteiger partial charge on any atom is 0.323 e. The number of methoxy groups -OCH3 is 2. The fourth-order valence-corrected chi connectivity index (χ4v) is 1.68. The molecule has 0 aliphatic carbocycles. The summed E-state index contributed by atoms with van der Waals surface area (Å²) in [6.07, 6.45) is 0.346. The van der Waals surface area contributed by atoms with E-state index in [4.69, 9.17) is 19.9 Å². The molecule has 0 bridgehead atoms. The van der Waals surface area contributed by atoms with E-state index in [1.165, 1.54) is 0 Å². The molecule has 1 unspecified atom stereocenters. The summed E-state index contributed by atoms with van der Waals surface area (Å²) in [5, 5.41) is 0. The highest BCUT2D eigenvalue weighted by atomic mass is 16.5. The second-order valence-electron chi connectivity index (χ2n) is 3.72. The van der Waals surface area contributed by atoms with Crippen molar-refractivity contribution in [3.63, 3.8) is 0 Å². The van der Waals surface area contributed by atoms with Crippen molar-refractivity contribution >= 4 is 5.97 Å². The van der Waals surface area contributed by atoms with Gasteiger partial charge in [0.1, 0.15) is 6.04 Å². The first-order chi connectivity index (χ1) is 8.63. The molecule has 1 atom stereocenters. The normalized spacial score (nSPS) is 11.8. The van der Waals surface area contributed by atoms with Crippen LogP contribution >= 0.6 is 0 Å². The van der Waals surface area contributed by atoms with Crippen LogP contribution in [0, 0.1) is 0 Å². The average molecular weight is 253 g/mol. The largest absolute Gasteiger partial charge is 0.493 e. The number of ether oxygens (including phenoxy) is 3. The van der Waals surface area contributed by atoms with Gasteiger partial charge < -0.3 is 19.9 Å². The van der Waals surface area contributed by atoms with Crippen molar-refractivity contribution in [1.29, 1.82) is 0 Å². The van der Waals surface area contributed by atoms with Gasteiger partial charge in [0.2, 0.25) is 0 Å². The molecule has 0 aromatic heterocycles. The van der Waals surface area contributed by atoms with Crippen LogP contribution in [-0.2, 0) is 16.0 Å². The quantitative estimate of drug-likeness (QED) is 0.770. The average Bonchev–Trinajstić information content (AvgIpc) is 2.38. The van der Waals surface area contributed by atoms with Crippen LogP contribution in [0.15, 0.2) is 18.2 Å². The third-order valence-electron chi connectivity index (χ3n) is 2.51. The summed E-state index contributed by atoms with van der Waals surface area (Å²) in [4.78, 5) is 11.5. The lowest BCUT2D eigenvalue weighted by atomic mass is 10.0. The second kappa shape index (κ2) is 6.86. The molecular weight excluding hydrogens is 234 g/mol. The van der Waals surface area contributed by atoms with E-state index in [9.17, 15) is 4.79 Å². The smallest absolute Gasteiger partial charge is 0.323 e. The molecule has 0 amide bonds. The molecule has 0 heterocycles. The Labute approximate surface area is 107 Å². The Balaban J connectivity index is 2.87. The highest BCUT2D eigenvalue weighted by Gasteiger charge is 2.18. The second-order valence-corrected chi connectivity index (χ2v) is 3.72. The van der Waals surface area contributed by atoms with Gasteiger partial charge in [0.15, 0.2) is 11.5 Å². The van der Waals surface area contributed by atoms with Gasteiger partial charge in [-0.3, -0.25) is 4.79 Å². The zero-order valence-electron chi connectivity index (χ0n) is 10.9. The van der Waals surface area contributed by atoms with Crippen LogP contribution in [0.3, 0.4) is 0 Å². The predicted octanol–water partition coefficient (Wildman–Crippen LogP) is 1.14. The highest BCUT2D eigenvalue weighted by molar-refractivity contribution is 5.76. The van der Waals surface area contributed by atoms with Gasteiger partial charge >= 0.3 is 5.97 Å². The number of rotatable bonds is 6. The van der Waals surface area contributed by atoms with Crippen LogP contribution in [0.2, 0.25) is 0 Å². The monoisotopic (exact) mass is 253 g/mol. The molecule has 100 valence electrons. The Kier molecular flexibility index (Phi) is 5.45. The van der Waals surface area contributed by atoms with E-state index >= 15 is 0 Å². The molecule has 5 nitrogen and oxygen atoms in total. The van der Waals surface area contributed by atoms with Gasteiger partial charge in [-0.25, -0.2) is 0 Å². The highest BCUT2D eigenvalue weighted by Crippen LogP contribution is 2.31. The number of carbonyl (C=O) groups excluding carboxylic acids is 1. The van der Waals surface area contributed by atoms with Crippen molar-refractivity contribution in [1.82, 2.24) is 0 Å². The summed E-state index contributed by atoms with van der Waals surface area (Å²) in [5.41, 5.74) is 6.60. The molecule has 1 aromatic carbocycles. The summed E-state index contributed by atoms with van der Waals surface area (Å²) in [6, 6.07) is 4.76. The lowest BCUT2D eigenvalue weighted by Crippen LogP contribution is -2.34. The first-order valence-electron chi connectivity index (χ1n) is 5.76. The molecule has 0 aliphatic rings. The Morgan fingerprint density at radius 3 is 2.61 bits per heavy atom. The fraction of sp³-hybridized carbons (Fsp3) is 0.462. The van der Waals surface area contributed by atoms with Gasteiger partial charge in [0, 0.05) is 12.0 Å². The van der Waals surface area contributed by atoms with Crippen molar-refractivity contribution in [3.8, 4) is 11.5 Å². The number of nitrogens with two attached hydrogens (primary N) is 1. The molecule has 0 saturated heterocycles. The molecule has 0 fully saturated rings. The maximum absolute atomic E-state index is 11.5. The van der Waals surface area contributed by atoms with E-state index < -0.39 is 12.0 Å². The summed E-state index contributed by atoms with van der Waals surface area (Å²) in [5.74, 6) is 0.799. The zero-order chi connectivity index (χ0) is 13.5. The van der Waals surface area contributed by atoms with Gasteiger partial charge in [-0.2, -0.15) is 0 Å². The Bertz CT molecular complexity index is 406. The number of hydrogen-bond donors (Lipinski definition) is 1. The van der Waals surface area contributed by atoms with Gasteiger partial charge in [0.05, 0.1) is 20.8 Å². The number of hydrogen-bond acceptors (Lipinski definition) is 5. The Morgan fingerprint density at radius 1 is 1.33 bits per heavy atom. The number of para-hydroxylation sites is 1. The lowest BCUT2D eigenvalue weighted by molar-refractivity contribution is -0.144. The van der Waals surface area contributed by atoms with Gasteiger partial charge in [0.25, 0.3) is 0 Å². The molecular formula is C13H19NO4. The number of benzene rings is 1. The van der Waals surface area contributed by atoms with Crippen molar-refractivity contribution < 1.29 is 19.0 Å². The molecule has 1 aromatic rings. The first-order valence-corrected chi connectivity index (χ1v) is 5.76. The minimum atomic E-state index is -0.703. The van der Waals surface area contributed by atoms with Crippen LogP contribution in [0.25, 0.3) is 0 Å². The molecule has 0 saturated carbocycles. The van der Waals surface area contributed by atoms with Crippen molar-refractivity contribution in [2.75, 3.05) is 20.8 Å². The van der Waals surface area contributed by atoms with E-state index in [2.05, 4.69) is 0 Å². The van der Waals surface area contributed by atoms with Gasteiger partial charge in [-0.05, 0) is 13.0 Å². The first kappa shape index (κ1) is 14.3. The molecule has 0 spiro atoms. The summed E-state index contributed by atoms with van der Waals surface area (Å²) in [6.45, 7) is 2.07.